The van der Waals surface area contributed by atoms with Gasteiger partial charge < -0.3 is 14.5 Å². The lowest BCUT2D eigenvalue weighted by Gasteiger charge is -2.38. The highest BCUT2D eigenvalue weighted by Gasteiger charge is 2.26. The summed E-state index contributed by atoms with van der Waals surface area (Å²) in [7, 11) is 0. The number of urea groups is 1. The molecule has 0 radical (unpaired) electrons. The van der Waals surface area contributed by atoms with Crippen LogP contribution in [0.5, 0.6) is 0 Å². The topological polar surface area (TPSA) is 59.8 Å². The molecule has 0 atom stereocenters. The number of rotatable bonds is 2. The zero-order valence-corrected chi connectivity index (χ0v) is 13.3. The number of carbonyl (C=O) groups is 1. The van der Waals surface area contributed by atoms with E-state index in [1.807, 2.05) is 21.2 Å². The van der Waals surface area contributed by atoms with Crippen molar-refractivity contribution >= 4 is 17.4 Å². The Hall–Kier alpha value is -1.62. The minimum atomic E-state index is 0.144. The van der Waals surface area contributed by atoms with Crippen molar-refractivity contribution in [3.05, 3.63) is 21.9 Å². The number of piperazine rings is 1. The molecule has 0 bridgehead atoms. The van der Waals surface area contributed by atoms with Crippen LogP contribution in [0.2, 0.25) is 0 Å². The highest BCUT2D eigenvalue weighted by Crippen LogP contribution is 2.17. The minimum Gasteiger partial charge on any atom is -0.378 e. The normalized spacial score (nSPS) is 20.0. The Labute approximate surface area is 134 Å². The van der Waals surface area contributed by atoms with E-state index in [1.165, 1.54) is 4.88 Å². The zero-order chi connectivity index (χ0) is 15.4. The molecule has 1 aromatic heterocycles. The largest absolute Gasteiger partial charge is 0.378 e. The van der Waals surface area contributed by atoms with E-state index in [1.54, 1.807) is 11.3 Å². The van der Waals surface area contributed by atoms with Crippen molar-refractivity contribution in [3.63, 3.8) is 0 Å². The second-order valence-corrected chi connectivity index (χ2v) is 6.55. The average Bonchev–Trinajstić information content (AvgIpc) is 3.03. The van der Waals surface area contributed by atoms with Crippen LogP contribution in [0.25, 0.3) is 0 Å². The molecular formula is C15H20N4O2S. The molecule has 0 N–H and O–H groups in total. The van der Waals surface area contributed by atoms with Gasteiger partial charge in [-0.1, -0.05) is 0 Å². The number of nitriles is 1. The SMILES string of the molecule is N#Cc1csc(CN2CCN(C(=O)N3CCOCC3)CC2)c1. The maximum Gasteiger partial charge on any atom is 0.320 e. The Morgan fingerprint density at radius 3 is 2.50 bits per heavy atom. The molecular weight excluding hydrogens is 300 g/mol. The molecule has 6 nitrogen and oxygen atoms in total. The Bertz CT molecular complexity index is 554. The summed E-state index contributed by atoms with van der Waals surface area (Å²) >= 11 is 1.63. The van der Waals surface area contributed by atoms with Gasteiger partial charge in [0.2, 0.25) is 0 Å². The van der Waals surface area contributed by atoms with Crippen LogP contribution in [0.1, 0.15) is 10.4 Å². The van der Waals surface area contributed by atoms with E-state index >= 15 is 0 Å². The number of carbonyl (C=O) groups excluding carboxylic acids is 1. The smallest absolute Gasteiger partial charge is 0.320 e. The fourth-order valence-corrected chi connectivity index (χ4v) is 3.65. The Kier molecular flexibility index (Phi) is 4.93. The Balaban J connectivity index is 1.47. The van der Waals surface area contributed by atoms with E-state index in [9.17, 15) is 4.79 Å². The van der Waals surface area contributed by atoms with Crippen LogP contribution in [0.4, 0.5) is 4.79 Å². The van der Waals surface area contributed by atoms with Crippen LogP contribution in [0, 0.1) is 11.3 Å². The van der Waals surface area contributed by atoms with E-state index < -0.39 is 0 Å². The van der Waals surface area contributed by atoms with Gasteiger partial charge in [0.05, 0.1) is 18.8 Å². The molecule has 118 valence electrons. The maximum atomic E-state index is 12.4. The molecule has 0 spiro atoms. The van der Waals surface area contributed by atoms with Gasteiger partial charge in [0.25, 0.3) is 0 Å². The predicted octanol–water partition coefficient (Wildman–Crippen LogP) is 1.19. The van der Waals surface area contributed by atoms with Crippen LogP contribution >= 0.6 is 11.3 Å². The number of ether oxygens (including phenoxy) is 1. The predicted molar refractivity (Wildman–Crippen MR) is 83.7 cm³/mol. The summed E-state index contributed by atoms with van der Waals surface area (Å²) in [6, 6.07) is 4.26. The lowest BCUT2D eigenvalue weighted by molar-refractivity contribution is 0.0373. The van der Waals surface area contributed by atoms with Gasteiger partial charge in [0, 0.05) is 56.1 Å². The first-order chi connectivity index (χ1) is 10.8. The van der Waals surface area contributed by atoms with Gasteiger partial charge >= 0.3 is 6.03 Å². The standard InChI is InChI=1S/C15H20N4O2S/c16-10-13-9-14(22-12-13)11-17-1-3-18(4-2-17)15(20)19-5-7-21-8-6-19/h9,12H,1-8,11H2. The van der Waals surface area contributed by atoms with Crippen LogP contribution < -0.4 is 0 Å². The van der Waals surface area contributed by atoms with Crippen LogP contribution in [0.3, 0.4) is 0 Å². The number of amides is 2. The van der Waals surface area contributed by atoms with Crippen molar-refractivity contribution < 1.29 is 9.53 Å². The van der Waals surface area contributed by atoms with E-state index in [0.717, 1.165) is 38.3 Å². The Morgan fingerprint density at radius 2 is 1.86 bits per heavy atom. The minimum absolute atomic E-state index is 0.144. The van der Waals surface area contributed by atoms with E-state index in [0.29, 0.717) is 26.3 Å². The second-order valence-electron chi connectivity index (χ2n) is 5.56. The lowest BCUT2D eigenvalue weighted by Crippen LogP contribution is -2.54. The number of hydrogen-bond acceptors (Lipinski definition) is 5. The molecule has 2 fully saturated rings. The molecule has 2 amide bonds. The van der Waals surface area contributed by atoms with Gasteiger partial charge in [-0.15, -0.1) is 11.3 Å². The van der Waals surface area contributed by atoms with Gasteiger partial charge in [-0.3, -0.25) is 4.90 Å². The monoisotopic (exact) mass is 320 g/mol. The molecule has 2 aliphatic heterocycles. The summed E-state index contributed by atoms with van der Waals surface area (Å²) in [6.45, 7) is 6.87. The third-order valence-corrected chi connectivity index (χ3v) is 5.01. The van der Waals surface area contributed by atoms with Crippen molar-refractivity contribution in [2.45, 2.75) is 6.54 Å². The van der Waals surface area contributed by atoms with Gasteiger partial charge in [0.1, 0.15) is 6.07 Å². The average molecular weight is 320 g/mol. The number of morpholine rings is 1. The highest BCUT2D eigenvalue weighted by atomic mass is 32.1. The molecule has 3 rings (SSSR count). The summed E-state index contributed by atoms with van der Waals surface area (Å²) < 4.78 is 5.29. The van der Waals surface area contributed by atoms with Gasteiger partial charge in [-0.25, -0.2) is 4.79 Å². The molecule has 1 aromatic rings. The van der Waals surface area contributed by atoms with Crippen LogP contribution in [-0.2, 0) is 11.3 Å². The summed E-state index contributed by atoms with van der Waals surface area (Å²) in [5.74, 6) is 0. The molecule has 0 unspecified atom stereocenters. The number of nitrogens with zero attached hydrogens (tertiary/aromatic N) is 4. The third-order valence-electron chi connectivity index (χ3n) is 4.09. The van der Waals surface area contributed by atoms with Crippen LogP contribution in [-0.4, -0.2) is 73.2 Å². The van der Waals surface area contributed by atoms with Crippen molar-refractivity contribution in [3.8, 4) is 6.07 Å². The molecule has 7 heteroatoms. The molecule has 2 saturated heterocycles. The molecule has 2 aliphatic rings. The van der Waals surface area contributed by atoms with Crippen molar-refractivity contribution in [2.75, 3.05) is 52.5 Å². The highest BCUT2D eigenvalue weighted by molar-refractivity contribution is 7.10. The molecule has 0 aromatic carbocycles. The summed E-state index contributed by atoms with van der Waals surface area (Å²) in [4.78, 5) is 19.8. The molecule has 0 aliphatic carbocycles. The molecule has 0 saturated carbocycles. The van der Waals surface area contributed by atoms with Crippen LogP contribution in [0.15, 0.2) is 11.4 Å². The van der Waals surface area contributed by atoms with Crippen molar-refractivity contribution in [2.24, 2.45) is 0 Å². The van der Waals surface area contributed by atoms with Gasteiger partial charge in [-0.2, -0.15) is 5.26 Å². The fourth-order valence-electron chi connectivity index (χ4n) is 2.79. The molecule has 22 heavy (non-hydrogen) atoms. The van der Waals surface area contributed by atoms with E-state index in [4.69, 9.17) is 10.00 Å². The van der Waals surface area contributed by atoms with Crippen molar-refractivity contribution in [1.29, 1.82) is 5.26 Å². The Morgan fingerprint density at radius 1 is 1.18 bits per heavy atom. The lowest BCUT2D eigenvalue weighted by atomic mass is 10.3. The quantitative estimate of drug-likeness (QED) is 0.821. The first kappa shape index (κ1) is 15.3. The maximum absolute atomic E-state index is 12.4. The van der Waals surface area contributed by atoms with Gasteiger partial charge in [0.15, 0.2) is 0 Å². The molecule has 3 heterocycles. The van der Waals surface area contributed by atoms with Gasteiger partial charge in [-0.05, 0) is 6.07 Å². The first-order valence-electron chi connectivity index (χ1n) is 7.58. The summed E-state index contributed by atoms with van der Waals surface area (Å²) in [6.07, 6.45) is 0. The number of hydrogen-bond donors (Lipinski definition) is 0. The van der Waals surface area contributed by atoms with E-state index in [2.05, 4.69) is 11.0 Å². The summed E-state index contributed by atoms with van der Waals surface area (Å²) in [5.41, 5.74) is 0.737. The zero-order valence-electron chi connectivity index (χ0n) is 12.5. The second kappa shape index (κ2) is 7.09. The first-order valence-corrected chi connectivity index (χ1v) is 8.45. The third kappa shape index (κ3) is 3.58. The number of thiophene rings is 1. The van der Waals surface area contributed by atoms with E-state index in [-0.39, 0.29) is 6.03 Å². The fraction of sp³-hybridized carbons (Fsp3) is 0.600. The van der Waals surface area contributed by atoms with Crippen molar-refractivity contribution in [1.82, 2.24) is 14.7 Å². The summed E-state index contributed by atoms with van der Waals surface area (Å²) in [5, 5.41) is 10.8.